The predicted molar refractivity (Wildman–Crippen MR) is 99.4 cm³/mol. The Morgan fingerprint density at radius 2 is 1.46 bits per heavy atom. The predicted octanol–water partition coefficient (Wildman–Crippen LogP) is 5.77. The summed E-state index contributed by atoms with van der Waals surface area (Å²) in [5.41, 5.74) is 3.85. The van der Waals surface area contributed by atoms with Crippen molar-refractivity contribution in [2.45, 2.75) is 20.5 Å². The molecular weight excluding hydrogens is 296 g/mol. The average molecular weight is 318 g/mol. The van der Waals surface area contributed by atoms with Crippen LogP contribution in [0.3, 0.4) is 0 Å². The molecule has 0 aliphatic heterocycles. The smallest absolute Gasteiger partial charge is 0.150 e. The zero-order chi connectivity index (χ0) is 17.2. The van der Waals surface area contributed by atoms with Crippen LogP contribution in [0.1, 0.15) is 29.8 Å². The summed E-state index contributed by atoms with van der Waals surface area (Å²) in [4.78, 5) is 10.9. The van der Waals surface area contributed by atoms with E-state index in [0.717, 1.165) is 28.7 Å². The van der Waals surface area contributed by atoms with E-state index < -0.39 is 0 Å². The number of carbonyl (C=O) groups excluding carboxylic acids is 1. The number of hydrogen-bond donors (Lipinski definition) is 0. The van der Waals surface area contributed by atoms with Gasteiger partial charge in [-0.25, -0.2) is 0 Å². The number of ether oxygens (including phenoxy) is 1. The summed E-state index contributed by atoms with van der Waals surface area (Å²) in [5, 5.41) is 0. The molecule has 0 spiro atoms. The van der Waals surface area contributed by atoms with Crippen LogP contribution in [0.2, 0.25) is 0 Å². The van der Waals surface area contributed by atoms with E-state index >= 15 is 0 Å². The standard InChI is InChI=1S/C20H16O2.C2H6/c21-14-17-8-4-9-18(12-17)19-10-5-11-20(13-19)22-15-16-6-2-1-3-7-16;1-2/h1-14H,15H2;1-2H3. The maximum Gasteiger partial charge on any atom is 0.150 e. The molecule has 0 aromatic heterocycles. The lowest BCUT2D eigenvalue weighted by Gasteiger charge is -2.09. The second-order valence-electron chi connectivity index (χ2n) is 5.05. The molecule has 0 radical (unpaired) electrons. The van der Waals surface area contributed by atoms with Gasteiger partial charge in [-0.05, 0) is 34.9 Å². The zero-order valence-electron chi connectivity index (χ0n) is 14.1. The summed E-state index contributed by atoms with van der Waals surface area (Å²) in [6, 6.07) is 25.5. The molecule has 0 atom stereocenters. The van der Waals surface area contributed by atoms with Gasteiger partial charge in [0.25, 0.3) is 0 Å². The second kappa shape index (κ2) is 9.31. The number of benzene rings is 3. The summed E-state index contributed by atoms with van der Waals surface area (Å²) in [7, 11) is 0. The van der Waals surface area contributed by atoms with Gasteiger partial charge in [-0.1, -0.05) is 74.5 Å². The molecule has 0 aliphatic carbocycles. The lowest BCUT2D eigenvalue weighted by Crippen LogP contribution is -1.95. The number of aldehydes is 1. The van der Waals surface area contributed by atoms with E-state index in [-0.39, 0.29) is 0 Å². The van der Waals surface area contributed by atoms with Crippen molar-refractivity contribution in [2.75, 3.05) is 0 Å². The number of hydrogen-bond acceptors (Lipinski definition) is 2. The Labute approximate surface area is 143 Å². The molecular formula is C22H22O2. The summed E-state index contributed by atoms with van der Waals surface area (Å²) in [6.45, 7) is 4.54. The minimum Gasteiger partial charge on any atom is -0.489 e. The van der Waals surface area contributed by atoms with Crippen LogP contribution >= 0.6 is 0 Å². The molecule has 3 aromatic carbocycles. The molecule has 2 heteroatoms. The van der Waals surface area contributed by atoms with Gasteiger partial charge in [0, 0.05) is 5.56 Å². The molecule has 122 valence electrons. The maximum atomic E-state index is 10.9. The first-order chi connectivity index (χ1) is 11.8. The third-order valence-electron chi connectivity index (χ3n) is 3.44. The van der Waals surface area contributed by atoms with Gasteiger partial charge in [-0.3, -0.25) is 4.79 Å². The highest BCUT2D eigenvalue weighted by atomic mass is 16.5. The van der Waals surface area contributed by atoms with Gasteiger partial charge >= 0.3 is 0 Å². The summed E-state index contributed by atoms with van der Waals surface area (Å²) in [5.74, 6) is 0.817. The first-order valence-electron chi connectivity index (χ1n) is 8.17. The first-order valence-corrected chi connectivity index (χ1v) is 8.17. The number of carbonyl (C=O) groups is 1. The summed E-state index contributed by atoms with van der Waals surface area (Å²) in [6.07, 6.45) is 0.860. The Kier molecular flexibility index (Phi) is 6.78. The fourth-order valence-electron chi connectivity index (χ4n) is 2.30. The lowest BCUT2D eigenvalue weighted by atomic mass is 10.0. The van der Waals surface area contributed by atoms with Gasteiger partial charge in [0.05, 0.1) is 0 Å². The van der Waals surface area contributed by atoms with Crippen molar-refractivity contribution in [3.8, 4) is 16.9 Å². The van der Waals surface area contributed by atoms with E-state index in [9.17, 15) is 4.79 Å². The molecule has 2 nitrogen and oxygen atoms in total. The van der Waals surface area contributed by atoms with E-state index in [1.165, 1.54) is 0 Å². The van der Waals surface area contributed by atoms with Crippen molar-refractivity contribution in [2.24, 2.45) is 0 Å². The van der Waals surface area contributed by atoms with E-state index in [1.807, 2.05) is 86.6 Å². The fourth-order valence-corrected chi connectivity index (χ4v) is 2.30. The molecule has 0 unspecified atom stereocenters. The van der Waals surface area contributed by atoms with E-state index in [0.29, 0.717) is 12.2 Å². The molecule has 0 saturated heterocycles. The van der Waals surface area contributed by atoms with Crippen molar-refractivity contribution < 1.29 is 9.53 Å². The number of rotatable bonds is 5. The van der Waals surface area contributed by atoms with Crippen molar-refractivity contribution >= 4 is 6.29 Å². The van der Waals surface area contributed by atoms with Crippen LogP contribution < -0.4 is 4.74 Å². The fraction of sp³-hybridized carbons (Fsp3) is 0.136. The van der Waals surface area contributed by atoms with Gasteiger partial charge in [0.15, 0.2) is 0 Å². The van der Waals surface area contributed by atoms with Crippen molar-refractivity contribution in [3.05, 3.63) is 90.0 Å². The normalized spacial score (nSPS) is 9.58. The molecule has 0 amide bonds. The van der Waals surface area contributed by atoms with Gasteiger partial charge in [0.1, 0.15) is 18.6 Å². The van der Waals surface area contributed by atoms with Crippen LogP contribution in [-0.4, -0.2) is 6.29 Å². The zero-order valence-corrected chi connectivity index (χ0v) is 14.1. The topological polar surface area (TPSA) is 26.3 Å². The van der Waals surface area contributed by atoms with Crippen LogP contribution in [0.4, 0.5) is 0 Å². The monoisotopic (exact) mass is 318 g/mol. The minimum absolute atomic E-state index is 0.540. The quantitative estimate of drug-likeness (QED) is 0.558. The lowest BCUT2D eigenvalue weighted by molar-refractivity contribution is 0.112. The van der Waals surface area contributed by atoms with Crippen LogP contribution in [0, 0.1) is 0 Å². The molecule has 24 heavy (non-hydrogen) atoms. The molecule has 0 heterocycles. The molecule has 3 aromatic rings. The Balaban J connectivity index is 0.00000100. The molecule has 0 aliphatic rings. The van der Waals surface area contributed by atoms with Gasteiger partial charge < -0.3 is 4.74 Å². The van der Waals surface area contributed by atoms with Crippen molar-refractivity contribution in [1.82, 2.24) is 0 Å². The minimum atomic E-state index is 0.540. The molecule has 0 fully saturated rings. The third kappa shape index (κ3) is 4.82. The second-order valence-corrected chi connectivity index (χ2v) is 5.05. The van der Waals surface area contributed by atoms with Crippen LogP contribution in [0.15, 0.2) is 78.9 Å². The Morgan fingerprint density at radius 3 is 2.17 bits per heavy atom. The van der Waals surface area contributed by atoms with E-state index in [4.69, 9.17) is 4.74 Å². The Hall–Kier alpha value is -2.87. The summed E-state index contributed by atoms with van der Waals surface area (Å²) >= 11 is 0. The Bertz CT molecular complexity index is 764. The van der Waals surface area contributed by atoms with E-state index in [1.54, 1.807) is 6.07 Å². The SMILES string of the molecule is CC.O=Cc1cccc(-c2cccc(OCc3ccccc3)c2)c1. The van der Waals surface area contributed by atoms with Crippen molar-refractivity contribution in [1.29, 1.82) is 0 Å². The highest BCUT2D eigenvalue weighted by molar-refractivity contribution is 5.79. The maximum absolute atomic E-state index is 10.9. The van der Waals surface area contributed by atoms with Gasteiger partial charge in [0.2, 0.25) is 0 Å². The van der Waals surface area contributed by atoms with Crippen LogP contribution in [0.25, 0.3) is 11.1 Å². The van der Waals surface area contributed by atoms with Gasteiger partial charge in [-0.15, -0.1) is 0 Å². The summed E-state index contributed by atoms with van der Waals surface area (Å²) < 4.78 is 5.84. The Morgan fingerprint density at radius 1 is 0.792 bits per heavy atom. The molecule has 0 N–H and O–H groups in total. The highest BCUT2D eigenvalue weighted by Gasteiger charge is 2.02. The third-order valence-corrected chi connectivity index (χ3v) is 3.44. The van der Waals surface area contributed by atoms with E-state index in [2.05, 4.69) is 0 Å². The molecule has 0 bridgehead atoms. The van der Waals surface area contributed by atoms with Crippen molar-refractivity contribution in [3.63, 3.8) is 0 Å². The average Bonchev–Trinajstić information content (AvgIpc) is 2.69. The van der Waals surface area contributed by atoms with Crippen LogP contribution in [-0.2, 0) is 6.61 Å². The first kappa shape index (κ1) is 17.5. The van der Waals surface area contributed by atoms with Crippen LogP contribution in [0.5, 0.6) is 5.75 Å². The largest absolute Gasteiger partial charge is 0.489 e. The molecule has 3 rings (SSSR count). The molecule has 0 saturated carbocycles. The highest BCUT2D eigenvalue weighted by Crippen LogP contribution is 2.25. The van der Waals surface area contributed by atoms with Gasteiger partial charge in [-0.2, -0.15) is 0 Å².